The van der Waals surface area contributed by atoms with E-state index in [-0.39, 0.29) is 18.1 Å². The zero-order chi connectivity index (χ0) is 13.3. The normalized spacial score (nSPS) is 20.6. The van der Waals surface area contributed by atoms with Crippen LogP contribution in [0, 0.1) is 0 Å². The van der Waals surface area contributed by atoms with Gasteiger partial charge in [0.25, 0.3) is 0 Å². The lowest BCUT2D eigenvalue weighted by Gasteiger charge is -2.39. The van der Waals surface area contributed by atoms with Crippen LogP contribution in [0.2, 0.25) is 0 Å². The van der Waals surface area contributed by atoms with Gasteiger partial charge in [0.1, 0.15) is 6.61 Å². The lowest BCUT2D eigenvalue weighted by molar-refractivity contribution is -0.146. The van der Waals surface area contributed by atoms with Crippen LogP contribution in [0.5, 0.6) is 0 Å². The number of ether oxygens (including phenoxy) is 1. The minimum Gasteiger partial charge on any atom is -0.363 e. The Hall–Kier alpha value is -1.39. The maximum absolute atomic E-state index is 12.2. The number of hydrogen-bond donors (Lipinski definition) is 1. The lowest BCUT2D eigenvalue weighted by Crippen LogP contribution is -2.59. The highest BCUT2D eigenvalue weighted by Gasteiger charge is 2.33. The van der Waals surface area contributed by atoms with Gasteiger partial charge in [-0.1, -0.05) is 24.3 Å². The first-order valence-corrected chi connectivity index (χ1v) is 6.86. The molecule has 0 aliphatic carbocycles. The molecule has 3 rings (SSSR count). The van der Waals surface area contributed by atoms with Crippen molar-refractivity contribution in [1.82, 2.24) is 10.2 Å². The van der Waals surface area contributed by atoms with Crippen LogP contribution in [-0.4, -0.2) is 42.6 Å². The molecule has 1 fully saturated rings. The number of rotatable bonds is 3. The van der Waals surface area contributed by atoms with E-state index in [1.54, 1.807) is 0 Å². The standard InChI is InChI=1S/C15H20N2O2/c1-15(10-16-11-15)19-9-14(18)17-7-6-12-4-2-3-5-13(12)8-17/h2-5,16H,6-11H2,1H3. The molecule has 1 aromatic carbocycles. The average Bonchev–Trinajstić information content (AvgIpc) is 2.42. The van der Waals surface area contributed by atoms with Crippen molar-refractivity contribution in [3.63, 3.8) is 0 Å². The second-order valence-electron chi connectivity index (χ2n) is 5.68. The van der Waals surface area contributed by atoms with Crippen molar-refractivity contribution < 1.29 is 9.53 Å². The van der Waals surface area contributed by atoms with Crippen molar-refractivity contribution in [2.75, 3.05) is 26.2 Å². The Kier molecular flexibility index (Phi) is 3.29. The second kappa shape index (κ2) is 4.94. The van der Waals surface area contributed by atoms with E-state index in [4.69, 9.17) is 4.74 Å². The quantitative estimate of drug-likeness (QED) is 0.880. The first kappa shape index (κ1) is 12.6. The van der Waals surface area contributed by atoms with Crippen LogP contribution >= 0.6 is 0 Å². The highest BCUT2D eigenvalue weighted by atomic mass is 16.5. The van der Waals surface area contributed by atoms with Gasteiger partial charge in [-0.2, -0.15) is 0 Å². The summed E-state index contributed by atoms with van der Waals surface area (Å²) >= 11 is 0. The van der Waals surface area contributed by atoms with Crippen LogP contribution in [0.4, 0.5) is 0 Å². The molecule has 4 nitrogen and oxygen atoms in total. The van der Waals surface area contributed by atoms with Crippen LogP contribution < -0.4 is 5.32 Å². The fourth-order valence-electron chi connectivity index (χ4n) is 2.61. The van der Waals surface area contributed by atoms with Crippen molar-refractivity contribution >= 4 is 5.91 Å². The molecule has 2 aliphatic rings. The smallest absolute Gasteiger partial charge is 0.248 e. The molecule has 0 atom stereocenters. The van der Waals surface area contributed by atoms with Gasteiger partial charge in [0, 0.05) is 26.2 Å². The van der Waals surface area contributed by atoms with E-state index >= 15 is 0 Å². The minimum atomic E-state index is -0.149. The summed E-state index contributed by atoms with van der Waals surface area (Å²) < 4.78 is 5.71. The van der Waals surface area contributed by atoms with Gasteiger partial charge in [-0.05, 0) is 24.5 Å². The van der Waals surface area contributed by atoms with E-state index in [2.05, 4.69) is 23.5 Å². The summed E-state index contributed by atoms with van der Waals surface area (Å²) in [5, 5.41) is 3.17. The zero-order valence-electron chi connectivity index (χ0n) is 11.3. The van der Waals surface area contributed by atoms with Gasteiger partial charge < -0.3 is 15.0 Å². The molecule has 19 heavy (non-hydrogen) atoms. The third-order valence-electron chi connectivity index (χ3n) is 4.03. The van der Waals surface area contributed by atoms with E-state index in [0.717, 1.165) is 26.1 Å². The van der Waals surface area contributed by atoms with Crippen LogP contribution in [0.25, 0.3) is 0 Å². The molecule has 1 N–H and O–H groups in total. The maximum Gasteiger partial charge on any atom is 0.248 e. The highest BCUT2D eigenvalue weighted by molar-refractivity contribution is 5.77. The van der Waals surface area contributed by atoms with Crippen molar-refractivity contribution in [2.24, 2.45) is 0 Å². The summed E-state index contributed by atoms with van der Waals surface area (Å²) in [5.41, 5.74) is 2.48. The van der Waals surface area contributed by atoms with Gasteiger partial charge in [0.05, 0.1) is 5.60 Å². The molecule has 0 bridgehead atoms. The Morgan fingerprint density at radius 3 is 2.79 bits per heavy atom. The van der Waals surface area contributed by atoms with Crippen molar-refractivity contribution in [2.45, 2.75) is 25.5 Å². The fraction of sp³-hybridized carbons (Fsp3) is 0.533. The fourth-order valence-corrected chi connectivity index (χ4v) is 2.61. The number of benzene rings is 1. The summed E-state index contributed by atoms with van der Waals surface area (Å²) in [4.78, 5) is 14.1. The summed E-state index contributed by atoms with van der Waals surface area (Å²) in [6, 6.07) is 8.34. The van der Waals surface area contributed by atoms with E-state index < -0.39 is 0 Å². The van der Waals surface area contributed by atoms with Crippen LogP contribution in [0.3, 0.4) is 0 Å². The molecule has 102 valence electrons. The van der Waals surface area contributed by atoms with E-state index in [0.29, 0.717) is 6.54 Å². The molecule has 2 heterocycles. The average molecular weight is 260 g/mol. The summed E-state index contributed by atoms with van der Waals surface area (Å²) in [6.45, 7) is 5.43. The van der Waals surface area contributed by atoms with Crippen LogP contribution in [0.1, 0.15) is 18.1 Å². The van der Waals surface area contributed by atoms with E-state index in [9.17, 15) is 4.79 Å². The Bertz CT molecular complexity index is 483. The number of fused-ring (bicyclic) bond motifs is 1. The lowest BCUT2D eigenvalue weighted by atomic mass is 9.99. The predicted octanol–water partition coefficient (Wildman–Crippen LogP) is 0.950. The molecule has 2 aliphatic heterocycles. The van der Waals surface area contributed by atoms with Gasteiger partial charge >= 0.3 is 0 Å². The van der Waals surface area contributed by atoms with Crippen LogP contribution in [0.15, 0.2) is 24.3 Å². The van der Waals surface area contributed by atoms with E-state index in [1.807, 2.05) is 17.9 Å². The molecule has 0 aromatic heterocycles. The van der Waals surface area contributed by atoms with Gasteiger partial charge in [-0.3, -0.25) is 4.79 Å². The molecule has 1 saturated heterocycles. The SMILES string of the molecule is CC1(OCC(=O)N2CCc3ccccc3C2)CNC1. The molecule has 1 amide bonds. The van der Waals surface area contributed by atoms with E-state index in [1.165, 1.54) is 11.1 Å². The Balaban J connectivity index is 1.57. The second-order valence-corrected chi connectivity index (χ2v) is 5.68. The van der Waals surface area contributed by atoms with Crippen LogP contribution in [-0.2, 0) is 22.5 Å². The van der Waals surface area contributed by atoms with Crippen molar-refractivity contribution in [3.8, 4) is 0 Å². The first-order valence-electron chi connectivity index (χ1n) is 6.86. The largest absolute Gasteiger partial charge is 0.363 e. The summed E-state index contributed by atoms with van der Waals surface area (Å²) in [5.74, 6) is 0.0997. The van der Waals surface area contributed by atoms with Crippen molar-refractivity contribution in [1.29, 1.82) is 0 Å². The monoisotopic (exact) mass is 260 g/mol. The molecule has 0 radical (unpaired) electrons. The molecular weight excluding hydrogens is 240 g/mol. The summed E-state index contributed by atoms with van der Waals surface area (Å²) in [7, 11) is 0. The van der Waals surface area contributed by atoms with Gasteiger partial charge in [-0.15, -0.1) is 0 Å². The van der Waals surface area contributed by atoms with Gasteiger partial charge in [0.2, 0.25) is 5.91 Å². The molecule has 4 heteroatoms. The number of nitrogens with zero attached hydrogens (tertiary/aromatic N) is 1. The molecule has 0 spiro atoms. The number of carbonyl (C=O) groups is 1. The third kappa shape index (κ3) is 2.65. The van der Waals surface area contributed by atoms with Gasteiger partial charge in [0.15, 0.2) is 0 Å². The Labute approximate surface area is 113 Å². The third-order valence-corrected chi connectivity index (χ3v) is 4.03. The molecule has 0 unspecified atom stereocenters. The molecule has 1 aromatic rings. The highest BCUT2D eigenvalue weighted by Crippen LogP contribution is 2.20. The molecule has 0 saturated carbocycles. The van der Waals surface area contributed by atoms with Gasteiger partial charge in [-0.25, -0.2) is 0 Å². The van der Waals surface area contributed by atoms with Crippen molar-refractivity contribution in [3.05, 3.63) is 35.4 Å². The number of nitrogens with one attached hydrogen (secondary N) is 1. The topological polar surface area (TPSA) is 41.6 Å². The Morgan fingerprint density at radius 2 is 2.11 bits per heavy atom. The Morgan fingerprint density at radius 1 is 1.37 bits per heavy atom. The zero-order valence-corrected chi connectivity index (χ0v) is 11.3. The predicted molar refractivity (Wildman–Crippen MR) is 72.8 cm³/mol. The minimum absolute atomic E-state index is 0.0997. The number of carbonyl (C=O) groups excluding carboxylic acids is 1. The molecular formula is C15H20N2O2. The number of amides is 1. The first-order chi connectivity index (χ1) is 9.16. The maximum atomic E-state index is 12.2. The number of hydrogen-bond acceptors (Lipinski definition) is 3. The summed E-state index contributed by atoms with van der Waals surface area (Å²) in [6.07, 6.45) is 0.945.